The van der Waals surface area contributed by atoms with E-state index in [-0.39, 0.29) is 17.2 Å². The molecule has 0 bridgehead atoms. The van der Waals surface area contributed by atoms with Crippen molar-refractivity contribution in [3.05, 3.63) is 23.8 Å². The summed E-state index contributed by atoms with van der Waals surface area (Å²) >= 11 is 0. The Bertz CT molecular complexity index is 636. The molecule has 20 heavy (non-hydrogen) atoms. The second-order valence-corrected chi connectivity index (χ2v) is 4.37. The largest absolute Gasteiger partial charge is 0.478 e. The van der Waals surface area contributed by atoms with E-state index < -0.39 is 24.6 Å². The first-order chi connectivity index (χ1) is 9.24. The first-order valence-corrected chi connectivity index (χ1v) is 5.72. The maximum atomic E-state index is 12.2. The van der Waals surface area contributed by atoms with Crippen LogP contribution in [0, 0.1) is 0 Å². The van der Waals surface area contributed by atoms with Gasteiger partial charge < -0.3 is 14.8 Å². The van der Waals surface area contributed by atoms with Crippen molar-refractivity contribution in [3.8, 4) is 0 Å². The Balaban J connectivity index is 2.17. The number of anilines is 1. The topological polar surface area (TPSA) is 75.4 Å². The second-order valence-electron chi connectivity index (χ2n) is 4.37. The van der Waals surface area contributed by atoms with E-state index in [9.17, 15) is 18.0 Å². The molecular weight excluding hydrogens is 277 g/mol. The number of benzene rings is 1. The van der Waals surface area contributed by atoms with Crippen LogP contribution in [0.15, 0.2) is 22.6 Å². The molecule has 0 saturated heterocycles. The lowest BCUT2D eigenvalue weighted by Gasteiger charge is -2.13. The van der Waals surface area contributed by atoms with Crippen LogP contribution in [0.3, 0.4) is 0 Å². The first-order valence-electron chi connectivity index (χ1n) is 5.72. The lowest BCUT2D eigenvalue weighted by atomic mass is 10.2. The minimum absolute atomic E-state index is 0.0172. The van der Waals surface area contributed by atoms with Crippen LogP contribution >= 0.6 is 0 Å². The van der Waals surface area contributed by atoms with Crippen molar-refractivity contribution in [2.45, 2.75) is 25.6 Å². The lowest BCUT2D eigenvalue weighted by molar-refractivity contribution is -0.136. The van der Waals surface area contributed by atoms with Gasteiger partial charge in [-0.1, -0.05) is 0 Å². The third-order valence-electron chi connectivity index (χ3n) is 2.54. The molecule has 0 aliphatic rings. The SMILES string of the molecule is CC(CC(F)(F)F)Nc1nc2ccc(C(=O)O)cc2o1. The zero-order chi connectivity index (χ0) is 14.9. The molecule has 0 spiro atoms. The summed E-state index contributed by atoms with van der Waals surface area (Å²) < 4.78 is 41.8. The third kappa shape index (κ3) is 3.40. The minimum atomic E-state index is -4.28. The molecule has 0 saturated carbocycles. The van der Waals surface area contributed by atoms with Crippen molar-refractivity contribution in [2.24, 2.45) is 0 Å². The second kappa shape index (κ2) is 5.03. The zero-order valence-corrected chi connectivity index (χ0v) is 10.4. The fourth-order valence-corrected chi connectivity index (χ4v) is 1.73. The van der Waals surface area contributed by atoms with Gasteiger partial charge in [0, 0.05) is 6.04 Å². The Kier molecular flexibility index (Phi) is 3.56. The first kappa shape index (κ1) is 14.2. The molecule has 0 aliphatic carbocycles. The third-order valence-corrected chi connectivity index (χ3v) is 2.54. The molecule has 1 unspecified atom stereocenters. The molecule has 0 radical (unpaired) electrons. The molecule has 1 atom stereocenters. The van der Waals surface area contributed by atoms with Crippen molar-refractivity contribution in [2.75, 3.05) is 5.32 Å². The normalized spacial score (nSPS) is 13.4. The summed E-state index contributed by atoms with van der Waals surface area (Å²) in [5.41, 5.74) is 0.590. The van der Waals surface area contributed by atoms with E-state index in [0.717, 1.165) is 0 Å². The Morgan fingerprint density at radius 3 is 2.80 bits per heavy atom. The van der Waals surface area contributed by atoms with Crippen molar-refractivity contribution < 1.29 is 27.5 Å². The summed E-state index contributed by atoms with van der Waals surface area (Å²) in [4.78, 5) is 14.7. The maximum absolute atomic E-state index is 12.2. The number of rotatable bonds is 4. The van der Waals surface area contributed by atoms with E-state index in [1.165, 1.54) is 25.1 Å². The number of halogens is 3. The van der Waals surface area contributed by atoms with E-state index in [0.29, 0.717) is 5.52 Å². The highest BCUT2D eigenvalue weighted by molar-refractivity contribution is 5.92. The number of nitrogens with zero attached hydrogens (tertiary/aromatic N) is 1. The number of carboxylic acids is 1. The summed E-state index contributed by atoms with van der Waals surface area (Å²) in [7, 11) is 0. The molecule has 1 aromatic heterocycles. The molecule has 2 rings (SSSR count). The molecule has 108 valence electrons. The van der Waals surface area contributed by atoms with Gasteiger partial charge in [-0.2, -0.15) is 18.2 Å². The average molecular weight is 288 g/mol. The summed E-state index contributed by atoms with van der Waals surface area (Å²) in [5.74, 6) is -1.12. The van der Waals surface area contributed by atoms with Crippen LogP contribution in [0.5, 0.6) is 0 Å². The van der Waals surface area contributed by atoms with Gasteiger partial charge in [0.05, 0.1) is 12.0 Å². The lowest BCUT2D eigenvalue weighted by Crippen LogP contribution is -2.23. The number of fused-ring (bicyclic) bond motifs is 1. The highest BCUT2D eigenvalue weighted by Crippen LogP contribution is 2.25. The van der Waals surface area contributed by atoms with Gasteiger partial charge in [0.2, 0.25) is 0 Å². The van der Waals surface area contributed by atoms with Crippen LogP contribution < -0.4 is 5.32 Å². The van der Waals surface area contributed by atoms with Gasteiger partial charge in [0.15, 0.2) is 5.58 Å². The molecule has 0 amide bonds. The predicted octanol–water partition coefficient (Wildman–Crippen LogP) is 3.28. The highest BCUT2D eigenvalue weighted by atomic mass is 19.4. The molecule has 8 heteroatoms. The van der Waals surface area contributed by atoms with E-state index >= 15 is 0 Å². The van der Waals surface area contributed by atoms with Crippen LogP contribution in [0.2, 0.25) is 0 Å². The summed E-state index contributed by atoms with van der Waals surface area (Å²) in [6.07, 6.45) is -5.30. The molecule has 1 heterocycles. The number of alkyl halides is 3. The van der Waals surface area contributed by atoms with Gasteiger partial charge in [-0.25, -0.2) is 4.79 Å². The summed E-state index contributed by atoms with van der Waals surface area (Å²) in [5, 5.41) is 11.3. The number of hydrogen-bond acceptors (Lipinski definition) is 4. The van der Waals surface area contributed by atoms with Crippen molar-refractivity contribution in [1.29, 1.82) is 0 Å². The number of oxazole rings is 1. The highest BCUT2D eigenvalue weighted by Gasteiger charge is 2.30. The maximum Gasteiger partial charge on any atom is 0.391 e. The van der Waals surface area contributed by atoms with E-state index in [1.807, 2.05) is 0 Å². The Labute approximate surface area is 111 Å². The smallest absolute Gasteiger partial charge is 0.391 e. The zero-order valence-electron chi connectivity index (χ0n) is 10.4. The summed E-state index contributed by atoms with van der Waals surface area (Å²) in [6, 6.07) is 3.07. The molecule has 2 N–H and O–H groups in total. The Hall–Kier alpha value is -2.25. The van der Waals surface area contributed by atoms with Crippen LogP contribution in [0.25, 0.3) is 11.1 Å². The molecular formula is C12H11F3N2O3. The average Bonchev–Trinajstić information content (AvgIpc) is 2.66. The molecule has 0 aliphatic heterocycles. The number of nitrogens with one attached hydrogen (secondary N) is 1. The van der Waals surface area contributed by atoms with Gasteiger partial charge in [-0.05, 0) is 25.1 Å². The van der Waals surface area contributed by atoms with Crippen LogP contribution in [0.1, 0.15) is 23.7 Å². The fraction of sp³-hybridized carbons (Fsp3) is 0.333. The number of hydrogen-bond donors (Lipinski definition) is 2. The van der Waals surface area contributed by atoms with Gasteiger partial charge in [0.25, 0.3) is 6.01 Å². The quantitative estimate of drug-likeness (QED) is 0.903. The van der Waals surface area contributed by atoms with Gasteiger partial charge >= 0.3 is 12.1 Å². The predicted molar refractivity (Wildman–Crippen MR) is 64.7 cm³/mol. The van der Waals surface area contributed by atoms with Gasteiger partial charge in [-0.15, -0.1) is 0 Å². The number of carboxylic acid groups (broad SMARTS) is 1. The minimum Gasteiger partial charge on any atom is -0.478 e. The number of aromatic carboxylic acids is 1. The molecule has 2 aromatic rings. The Morgan fingerprint density at radius 1 is 1.50 bits per heavy atom. The standard InChI is InChI=1S/C12H11F3N2O3/c1-6(5-12(13,14)15)16-11-17-8-3-2-7(10(18)19)4-9(8)20-11/h2-4,6H,5H2,1H3,(H,16,17)(H,18,19). The molecule has 1 aromatic carbocycles. The number of aromatic nitrogens is 1. The van der Waals surface area contributed by atoms with Gasteiger partial charge in [0.1, 0.15) is 5.52 Å². The number of carbonyl (C=O) groups is 1. The van der Waals surface area contributed by atoms with Gasteiger partial charge in [-0.3, -0.25) is 0 Å². The monoisotopic (exact) mass is 288 g/mol. The van der Waals surface area contributed by atoms with Crippen molar-refractivity contribution >= 4 is 23.1 Å². The van der Waals surface area contributed by atoms with Crippen molar-refractivity contribution in [1.82, 2.24) is 4.98 Å². The molecule has 5 nitrogen and oxygen atoms in total. The van der Waals surface area contributed by atoms with E-state index in [2.05, 4.69) is 10.3 Å². The molecule has 0 fully saturated rings. The van der Waals surface area contributed by atoms with Crippen LogP contribution in [0.4, 0.5) is 19.2 Å². The van der Waals surface area contributed by atoms with Crippen LogP contribution in [-0.2, 0) is 0 Å². The van der Waals surface area contributed by atoms with E-state index in [1.54, 1.807) is 0 Å². The summed E-state index contributed by atoms with van der Waals surface area (Å²) in [6.45, 7) is 1.35. The Morgan fingerprint density at radius 2 is 2.20 bits per heavy atom. The van der Waals surface area contributed by atoms with Crippen LogP contribution in [-0.4, -0.2) is 28.3 Å². The van der Waals surface area contributed by atoms with Crippen molar-refractivity contribution in [3.63, 3.8) is 0 Å². The van der Waals surface area contributed by atoms with E-state index in [4.69, 9.17) is 9.52 Å². The fourth-order valence-electron chi connectivity index (χ4n) is 1.73.